The summed E-state index contributed by atoms with van der Waals surface area (Å²) in [5, 5.41) is 9.25. The Bertz CT molecular complexity index is 2670. The fraction of sp³-hybridized carbons (Fsp3) is 0.368. The van der Waals surface area contributed by atoms with Crippen LogP contribution in [0.15, 0.2) is 142 Å². The fourth-order valence-electron chi connectivity index (χ4n) is 9.27. The molecule has 18 heteroatoms. The predicted octanol–water partition coefficient (Wildman–Crippen LogP) is 5.47. The lowest BCUT2D eigenvalue weighted by Crippen LogP contribution is -2.42. The van der Waals surface area contributed by atoms with Gasteiger partial charge in [-0.25, -0.2) is 0 Å². The zero-order valence-electron chi connectivity index (χ0n) is 42.7. The molecule has 0 atom stereocenters. The molecule has 3 aromatic carbocycles. The van der Waals surface area contributed by atoms with Crippen molar-refractivity contribution in [2.24, 2.45) is 17.8 Å². The third-order valence-corrected chi connectivity index (χ3v) is 13.0. The Labute approximate surface area is 435 Å². The number of carbonyl (C=O) groups excluding carboxylic acids is 3. The van der Waals surface area contributed by atoms with Crippen LogP contribution < -0.4 is 46.4 Å². The van der Waals surface area contributed by atoms with E-state index >= 15 is 0 Å². The van der Waals surface area contributed by atoms with Crippen LogP contribution in [-0.2, 0) is 53.7 Å². The summed E-state index contributed by atoms with van der Waals surface area (Å²) in [6.07, 6.45) is 6.31. The van der Waals surface area contributed by atoms with Crippen LogP contribution in [0.2, 0.25) is 0 Å². The Hall–Kier alpha value is -7.80. The van der Waals surface area contributed by atoms with Crippen LogP contribution in [0.4, 0.5) is 0 Å². The molecule has 75 heavy (non-hydrogen) atoms. The maximum atomic E-state index is 14.4. The van der Waals surface area contributed by atoms with Gasteiger partial charge in [0.2, 0.25) is 16.3 Å². The highest BCUT2D eigenvalue weighted by Gasteiger charge is 2.32. The minimum atomic E-state index is -0.519. The molecule has 7 rings (SSSR count). The maximum Gasteiger partial charge on any atom is 0.271 e. The second-order valence-electron chi connectivity index (χ2n) is 18.4. The second kappa shape index (κ2) is 28.0. The van der Waals surface area contributed by atoms with E-state index in [-0.39, 0.29) is 131 Å². The lowest BCUT2D eigenvalue weighted by atomic mass is 9.75. The predicted molar refractivity (Wildman–Crippen MR) is 281 cm³/mol. The molecule has 3 N–H and O–H groups in total. The van der Waals surface area contributed by atoms with E-state index < -0.39 is 34.0 Å². The first kappa shape index (κ1) is 55.0. The summed E-state index contributed by atoms with van der Waals surface area (Å²) < 4.78 is 39.2. The van der Waals surface area contributed by atoms with Crippen molar-refractivity contribution < 1.29 is 42.8 Å². The van der Waals surface area contributed by atoms with E-state index in [1.165, 1.54) is 18.2 Å². The number of hydrogen-bond acceptors (Lipinski definition) is 12. The van der Waals surface area contributed by atoms with E-state index in [0.29, 0.717) is 19.3 Å². The third-order valence-electron chi connectivity index (χ3n) is 13.0. The SMILES string of the molecule is COCCn1ccc(=O)c(OCc2ccccc2)c1C(=O)NCC1CC(CNC(=O)c2c(OCc3ccccc3)c(=O)ccn2CCOC)CC(CNC(=O)c2c(OCc3ccccc3)c(=O)ccn2CCOC)C1. The number of nitrogens with zero attached hydrogens (tertiary/aromatic N) is 3. The van der Waals surface area contributed by atoms with Gasteiger partial charge in [0.25, 0.3) is 17.7 Å². The van der Waals surface area contributed by atoms with Gasteiger partial charge in [0.15, 0.2) is 34.3 Å². The Kier molecular flexibility index (Phi) is 20.5. The summed E-state index contributed by atoms with van der Waals surface area (Å²) >= 11 is 0. The monoisotopic (exact) mass is 1030 g/mol. The summed E-state index contributed by atoms with van der Waals surface area (Å²) in [6.45, 7) is 2.34. The fourth-order valence-corrected chi connectivity index (χ4v) is 9.27. The van der Waals surface area contributed by atoms with Gasteiger partial charge in [0.1, 0.15) is 19.8 Å². The summed E-state index contributed by atoms with van der Waals surface area (Å²) in [6, 6.07) is 32.1. The molecule has 0 unspecified atom stereocenters. The van der Waals surface area contributed by atoms with E-state index in [1.807, 2.05) is 91.0 Å². The van der Waals surface area contributed by atoms with Crippen molar-refractivity contribution in [1.82, 2.24) is 29.7 Å². The van der Waals surface area contributed by atoms with Gasteiger partial charge < -0.3 is 58.1 Å². The number of aromatic nitrogens is 3. The average molecular weight is 1030 g/mol. The van der Waals surface area contributed by atoms with E-state index in [2.05, 4.69) is 16.0 Å². The van der Waals surface area contributed by atoms with Gasteiger partial charge in [-0.1, -0.05) is 91.0 Å². The molecular weight excluding hydrogens is 961 g/mol. The third kappa shape index (κ3) is 15.4. The molecule has 1 aliphatic rings. The van der Waals surface area contributed by atoms with E-state index in [9.17, 15) is 28.8 Å². The number of nitrogens with one attached hydrogen (secondary N) is 3. The van der Waals surface area contributed by atoms with Crippen LogP contribution in [0, 0.1) is 17.8 Å². The number of pyridine rings is 3. The van der Waals surface area contributed by atoms with Gasteiger partial charge in [-0.2, -0.15) is 0 Å². The number of rotatable bonds is 27. The van der Waals surface area contributed by atoms with Gasteiger partial charge in [-0.15, -0.1) is 0 Å². The van der Waals surface area contributed by atoms with Crippen LogP contribution in [0.25, 0.3) is 0 Å². The Morgan fingerprint density at radius 2 is 0.693 bits per heavy atom. The van der Waals surface area contributed by atoms with Crippen LogP contribution >= 0.6 is 0 Å². The molecule has 1 saturated carbocycles. The molecule has 0 saturated heterocycles. The van der Waals surface area contributed by atoms with Crippen LogP contribution in [0.3, 0.4) is 0 Å². The molecule has 0 bridgehead atoms. The van der Waals surface area contributed by atoms with Gasteiger partial charge in [0.05, 0.1) is 19.8 Å². The zero-order chi connectivity index (χ0) is 52.9. The molecule has 396 valence electrons. The average Bonchev–Trinajstić information content (AvgIpc) is 3.43. The highest BCUT2D eigenvalue weighted by Crippen LogP contribution is 2.33. The first-order valence-corrected chi connectivity index (χ1v) is 25.1. The highest BCUT2D eigenvalue weighted by molar-refractivity contribution is 5.96. The van der Waals surface area contributed by atoms with Crippen LogP contribution in [-0.4, -0.2) is 92.2 Å². The smallest absolute Gasteiger partial charge is 0.271 e. The molecule has 3 heterocycles. The normalized spacial score (nSPS) is 15.2. The van der Waals surface area contributed by atoms with Crippen molar-refractivity contribution in [3.8, 4) is 17.2 Å². The lowest BCUT2D eigenvalue weighted by Gasteiger charge is -2.35. The van der Waals surface area contributed by atoms with Gasteiger partial charge >= 0.3 is 0 Å². The standard InChI is InChI=1S/C57H66N6O12/c1-70-28-25-61-22-19-46(64)52(73-37-40-13-7-4-8-14-40)49(61)55(67)58-34-43-31-44(35-59-56(68)50-53(74-38-41-15-9-5-10-16-41)47(65)20-23-62(50)26-29-71-2)33-45(32-43)36-60-57(69)51-54(75-39-42-17-11-6-12-18-42)48(66)21-24-63(51)27-30-72-3/h4-24,43-45H,25-39H2,1-3H3,(H,58,67)(H,59,68)(H,60,69). The van der Waals surface area contributed by atoms with E-state index in [4.69, 9.17) is 28.4 Å². The van der Waals surface area contributed by atoms with Crippen LogP contribution in [0.1, 0.15) is 67.4 Å². The number of benzene rings is 3. The minimum Gasteiger partial charge on any atom is -0.483 e. The van der Waals surface area contributed by atoms with Gasteiger partial charge in [-0.05, 0) is 53.7 Å². The van der Waals surface area contributed by atoms with Crippen molar-refractivity contribution in [2.45, 2.75) is 58.7 Å². The Morgan fingerprint density at radius 3 is 0.947 bits per heavy atom. The molecule has 1 fully saturated rings. The summed E-state index contributed by atoms with van der Waals surface area (Å²) in [5.74, 6) is -2.35. The number of ether oxygens (including phenoxy) is 6. The van der Waals surface area contributed by atoms with Crippen molar-refractivity contribution in [3.05, 3.63) is 192 Å². The Balaban J connectivity index is 1.14. The Morgan fingerprint density at radius 1 is 0.427 bits per heavy atom. The molecule has 3 aromatic heterocycles. The topological polar surface area (TPSA) is 209 Å². The zero-order valence-corrected chi connectivity index (χ0v) is 42.7. The van der Waals surface area contributed by atoms with Gasteiger partial charge in [0, 0.05) is 97.4 Å². The molecule has 1 aliphatic carbocycles. The number of hydrogen-bond donors (Lipinski definition) is 3. The highest BCUT2D eigenvalue weighted by atomic mass is 16.5. The minimum absolute atomic E-state index is 0.0549. The molecule has 0 spiro atoms. The summed E-state index contributed by atoms with van der Waals surface area (Å²) in [4.78, 5) is 83.3. The van der Waals surface area contributed by atoms with Crippen LogP contribution in [0.5, 0.6) is 17.2 Å². The first-order chi connectivity index (χ1) is 36.6. The molecule has 3 amide bonds. The molecule has 6 aromatic rings. The summed E-state index contributed by atoms with van der Waals surface area (Å²) in [7, 11) is 4.65. The van der Waals surface area contributed by atoms with E-state index in [0.717, 1.165) is 16.7 Å². The molecule has 18 nitrogen and oxygen atoms in total. The molecule has 0 radical (unpaired) electrons. The number of carbonyl (C=O) groups is 3. The second-order valence-corrected chi connectivity index (χ2v) is 18.4. The van der Waals surface area contributed by atoms with Crippen molar-refractivity contribution in [3.63, 3.8) is 0 Å². The van der Waals surface area contributed by atoms with E-state index in [1.54, 1.807) is 53.6 Å². The van der Waals surface area contributed by atoms with Crippen molar-refractivity contribution in [1.29, 1.82) is 0 Å². The quantitative estimate of drug-likeness (QED) is 0.0587. The molecule has 0 aliphatic heterocycles. The van der Waals surface area contributed by atoms with Crippen molar-refractivity contribution >= 4 is 17.7 Å². The van der Waals surface area contributed by atoms with Crippen molar-refractivity contribution in [2.75, 3.05) is 60.8 Å². The largest absolute Gasteiger partial charge is 0.483 e. The van der Waals surface area contributed by atoms with Gasteiger partial charge in [-0.3, -0.25) is 28.8 Å². The number of amides is 3. The lowest BCUT2D eigenvalue weighted by molar-refractivity contribution is 0.0893. The first-order valence-electron chi connectivity index (χ1n) is 25.1. The maximum absolute atomic E-state index is 14.4. The molecular formula is C57H66N6O12. The summed E-state index contributed by atoms with van der Waals surface area (Å²) in [5.41, 5.74) is 1.26. The number of methoxy groups -OCH3 is 3.